The van der Waals surface area contributed by atoms with Crippen molar-refractivity contribution in [2.45, 2.75) is 13.5 Å². The van der Waals surface area contributed by atoms with Crippen molar-refractivity contribution < 1.29 is 0 Å². The van der Waals surface area contributed by atoms with E-state index in [1.165, 1.54) is 4.68 Å². The van der Waals surface area contributed by atoms with Gasteiger partial charge in [-0.2, -0.15) is 5.10 Å². The molecule has 4 rings (SSSR count). The van der Waals surface area contributed by atoms with Gasteiger partial charge in [0.25, 0.3) is 11.1 Å². The minimum absolute atomic E-state index is 0.0667. The van der Waals surface area contributed by atoms with Gasteiger partial charge in [-0.3, -0.25) is 18.9 Å². The summed E-state index contributed by atoms with van der Waals surface area (Å²) >= 11 is 0. The Labute approximate surface area is 156 Å². The highest BCUT2D eigenvalue weighted by atomic mass is 16.1. The Morgan fingerprint density at radius 3 is 2.59 bits per heavy atom. The lowest BCUT2D eigenvalue weighted by atomic mass is 10.3. The van der Waals surface area contributed by atoms with Crippen molar-refractivity contribution in [3.05, 3.63) is 69.0 Å². The summed E-state index contributed by atoms with van der Waals surface area (Å²) in [6.45, 7) is 6.55. The van der Waals surface area contributed by atoms with E-state index in [4.69, 9.17) is 0 Å². The third kappa shape index (κ3) is 3.75. The predicted octanol–water partition coefficient (Wildman–Crippen LogP) is 0.382. The number of anilines is 1. The molecule has 0 N–H and O–H groups in total. The number of rotatable bonds is 4. The first kappa shape index (κ1) is 17.4. The van der Waals surface area contributed by atoms with Gasteiger partial charge >= 0.3 is 0 Å². The van der Waals surface area contributed by atoms with Crippen molar-refractivity contribution in [2.24, 2.45) is 0 Å². The van der Waals surface area contributed by atoms with Crippen LogP contribution < -0.4 is 16.0 Å². The van der Waals surface area contributed by atoms with Gasteiger partial charge in [-0.15, -0.1) is 0 Å². The van der Waals surface area contributed by atoms with Crippen LogP contribution in [0.2, 0.25) is 0 Å². The molecule has 4 heterocycles. The van der Waals surface area contributed by atoms with E-state index in [-0.39, 0.29) is 11.1 Å². The van der Waals surface area contributed by atoms with Gasteiger partial charge in [0.05, 0.1) is 12.2 Å². The SMILES string of the molecule is Cc1ccc(=O)n(CCN2CCN(c3cc(=O)n4ccccc4n3)CC2)n1. The Morgan fingerprint density at radius 1 is 0.963 bits per heavy atom. The predicted molar refractivity (Wildman–Crippen MR) is 103 cm³/mol. The molecule has 27 heavy (non-hydrogen) atoms. The standard InChI is InChI=1S/C19H22N6O2/c1-15-5-6-18(26)25(21-15)13-10-22-8-11-23(12-9-22)17-14-19(27)24-7-3-2-4-16(24)20-17/h2-7,14H,8-13H2,1H3. The van der Waals surface area contributed by atoms with Crippen LogP contribution in [0.5, 0.6) is 0 Å². The Hall–Kier alpha value is -3.00. The smallest absolute Gasteiger partial charge is 0.266 e. The molecule has 0 bridgehead atoms. The van der Waals surface area contributed by atoms with Gasteiger partial charge in [0.2, 0.25) is 0 Å². The number of aryl methyl sites for hydroxylation is 1. The first-order chi connectivity index (χ1) is 13.1. The molecule has 8 nitrogen and oxygen atoms in total. The summed E-state index contributed by atoms with van der Waals surface area (Å²) in [6.07, 6.45) is 1.73. The molecule has 0 atom stereocenters. The van der Waals surface area contributed by atoms with Crippen LogP contribution in [0, 0.1) is 6.92 Å². The molecule has 1 saturated heterocycles. The summed E-state index contributed by atoms with van der Waals surface area (Å²) in [7, 11) is 0. The Kier molecular flexibility index (Phi) is 4.72. The van der Waals surface area contributed by atoms with E-state index in [1.54, 1.807) is 28.8 Å². The summed E-state index contributed by atoms with van der Waals surface area (Å²) in [6, 6.07) is 10.4. The summed E-state index contributed by atoms with van der Waals surface area (Å²) in [5, 5.41) is 4.28. The second-order valence-corrected chi connectivity index (χ2v) is 6.75. The zero-order chi connectivity index (χ0) is 18.8. The molecule has 0 saturated carbocycles. The number of fused-ring (bicyclic) bond motifs is 1. The van der Waals surface area contributed by atoms with E-state index in [0.717, 1.165) is 44.2 Å². The van der Waals surface area contributed by atoms with Crippen LogP contribution in [0.3, 0.4) is 0 Å². The Morgan fingerprint density at radius 2 is 1.78 bits per heavy atom. The van der Waals surface area contributed by atoms with E-state index in [9.17, 15) is 9.59 Å². The first-order valence-corrected chi connectivity index (χ1v) is 9.11. The number of nitrogens with zero attached hydrogens (tertiary/aromatic N) is 6. The quantitative estimate of drug-likeness (QED) is 0.665. The molecular formula is C19H22N6O2. The maximum absolute atomic E-state index is 12.3. The van der Waals surface area contributed by atoms with Crippen LogP contribution in [0.4, 0.5) is 5.82 Å². The van der Waals surface area contributed by atoms with Crippen molar-refractivity contribution in [3.8, 4) is 0 Å². The fourth-order valence-electron chi connectivity index (χ4n) is 3.35. The minimum Gasteiger partial charge on any atom is -0.354 e. The molecule has 1 fully saturated rings. The van der Waals surface area contributed by atoms with Gasteiger partial charge in [-0.05, 0) is 25.1 Å². The molecule has 0 spiro atoms. The summed E-state index contributed by atoms with van der Waals surface area (Å²) < 4.78 is 3.07. The molecular weight excluding hydrogens is 344 g/mol. The first-order valence-electron chi connectivity index (χ1n) is 9.11. The average Bonchev–Trinajstić information content (AvgIpc) is 2.69. The fourth-order valence-corrected chi connectivity index (χ4v) is 3.35. The van der Waals surface area contributed by atoms with Crippen LogP contribution in [0.25, 0.3) is 5.65 Å². The monoisotopic (exact) mass is 366 g/mol. The molecule has 8 heteroatoms. The van der Waals surface area contributed by atoms with E-state index in [1.807, 2.05) is 25.1 Å². The lowest BCUT2D eigenvalue weighted by Gasteiger charge is -2.35. The topological polar surface area (TPSA) is 75.7 Å². The molecule has 0 unspecified atom stereocenters. The van der Waals surface area contributed by atoms with Crippen molar-refractivity contribution in [3.63, 3.8) is 0 Å². The molecule has 0 radical (unpaired) electrons. The zero-order valence-electron chi connectivity index (χ0n) is 15.3. The number of piperazine rings is 1. The van der Waals surface area contributed by atoms with E-state index in [2.05, 4.69) is 19.9 Å². The normalized spacial score (nSPS) is 15.4. The van der Waals surface area contributed by atoms with Gasteiger partial charge in [0, 0.05) is 51.1 Å². The fraction of sp³-hybridized carbons (Fsp3) is 0.368. The number of hydrogen-bond acceptors (Lipinski definition) is 6. The van der Waals surface area contributed by atoms with Gasteiger partial charge in [0.1, 0.15) is 11.5 Å². The summed E-state index contributed by atoms with van der Waals surface area (Å²) in [5.74, 6) is 0.724. The van der Waals surface area contributed by atoms with E-state index < -0.39 is 0 Å². The van der Waals surface area contributed by atoms with Crippen LogP contribution >= 0.6 is 0 Å². The minimum atomic E-state index is -0.0694. The Balaban J connectivity index is 1.40. The molecule has 1 aliphatic heterocycles. The van der Waals surface area contributed by atoms with E-state index >= 15 is 0 Å². The summed E-state index contributed by atoms with van der Waals surface area (Å²) in [5.41, 5.74) is 1.36. The van der Waals surface area contributed by atoms with Gasteiger partial charge in [-0.25, -0.2) is 9.67 Å². The van der Waals surface area contributed by atoms with Crippen LogP contribution in [-0.4, -0.2) is 56.8 Å². The molecule has 0 aliphatic carbocycles. The third-order valence-corrected chi connectivity index (χ3v) is 4.88. The second kappa shape index (κ2) is 7.32. The van der Waals surface area contributed by atoms with Crippen molar-refractivity contribution in [1.82, 2.24) is 24.1 Å². The average molecular weight is 366 g/mol. The highest BCUT2D eigenvalue weighted by Gasteiger charge is 2.19. The Bertz CT molecular complexity index is 1070. The lowest BCUT2D eigenvalue weighted by Crippen LogP contribution is -2.48. The maximum Gasteiger partial charge on any atom is 0.266 e. The highest BCUT2D eigenvalue weighted by molar-refractivity contribution is 5.48. The number of aromatic nitrogens is 4. The molecule has 0 amide bonds. The van der Waals surface area contributed by atoms with Crippen molar-refractivity contribution in [2.75, 3.05) is 37.6 Å². The van der Waals surface area contributed by atoms with Crippen molar-refractivity contribution in [1.29, 1.82) is 0 Å². The lowest BCUT2D eigenvalue weighted by molar-refractivity contribution is 0.242. The maximum atomic E-state index is 12.3. The molecule has 0 aromatic carbocycles. The summed E-state index contributed by atoms with van der Waals surface area (Å²) in [4.78, 5) is 33.2. The zero-order valence-corrected chi connectivity index (χ0v) is 15.3. The van der Waals surface area contributed by atoms with E-state index in [0.29, 0.717) is 12.2 Å². The van der Waals surface area contributed by atoms with Crippen molar-refractivity contribution >= 4 is 11.5 Å². The van der Waals surface area contributed by atoms with Crippen LogP contribution in [-0.2, 0) is 6.54 Å². The molecule has 3 aromatic heterocycles. The number of pyridine rings is 1. The van der Waals surface area contributed by atoms with Crippen LogP contribution in [0.1, 0.15) is 5.69 Å². The van der Waals surface area contributed by atoms with Gasteiger partial charge < -0.3 is 4.90 Å². The van der Waals surface area contributed by atoms with Crippen LogP contribution in [0.15, 0.2) is 52.2 Å². The van der Waals surface area contributed by atoms with Gasteiger partial charge in [0.15, 0.2) is 0 Å². The highest BCUT2D eigenvalue weighted by Crippen LogP contribution is 2.13. The number of hydrogen-bond donors (Lipinski definition) is 0. The second-order valence-electron chi connectivity index (χ2n) is 6.75. The molecule has 140 valence electrons. The third-order valence-electron chi connectivity index (χ3n) is 4.88. The molecule has 3 aromatic rings. The largest absolute Gasteiger partial charge is 0.354 e. The van der Waals surface area contributed by atoms with Gasteiger partial charge in [-0.1, -0.05) is 6.07 Å². The molecule has 1 aliphatic rings.